The predicted octanol–water partition coefficient (Wildman–Crippen LogP) is 7.00. The summed E-state index contributed by atoms with van der Waals surface area (Å²) in [6.07, 6.45) is 8.04. The number of halogens is 2. The Morgan fingerprint density at radius 1 is 0.746 bits per heavy atom. The second kappa shape index (κ2) is 16.8. The number of aromatic nitrogens is 2. The molecule has 4 aromatic rings. The van der Waals surface area contributed by atoms with Crippen LogP contribution in [0.5, 0.6) is 0 Å². The van der Waals surface area contributed by atoms with Crippen molar-refractivity contribution in [2.75, 3.05) is 89.8 Å². The van der Waals surface area contributed by atoms with Crippen molar-refractivity contribution >= 4 is 46.6 Å². The van der Waals surface area contributed by atoms with Crippen LogP contribution in [0.4, 0.5) is 43.6 Å². The molecule has 2 aromatic heterocycles. The number of amides is 2. The fourth-order valence-electron chi connectivity index (χ4n) is 9.69. The van der Waals surface area contributed by atoms with Gasteiger partial charge in [-0.15, -0.1) is 0 Å². The zero-order valence-corrected chi connectivity index (χ0v) is 33.7. The molecule has 0 radical (unpaired) electrons. The van der Waals surface area contributed by atoms with Crippen molar-refractivity contribution in [2.24, 2.45) is 11.8 Å². The van der Waals surface area contributed by atoms with Crippen molar-refractivity contribution in [3.05, 3.63) is 70.9 Å². The predicted molar refractivity (Wildman–Crippen MR) is 219 cm³/mol. The number of nitrogens with one attached hydrogen (secondary N) is 2. The number of piperidine rings is 2. The number of rotatable bonds is 11. The van der Waals surface area contributed by atoms with Gasteiger partial charge < -0.3 is 48.5 Å². The molecule has 2 N–H and O–H groups in total. The molecule has 4 atom stereocenters. The van der Waals surface area contributed by atoms with E-state index in [0.717, 1.165) is 71.0 Å². The Bertz CT molecular complexity index is 2160. The lowest BCUT2D eigenvalue weighted by molar-refractivity contribution is 0.0876. The van der Waals surface area contributed by atoms with Crippen LogP contribution in [-0.4, -0.2) is 93.5 Å². The number of oxazole rings is 2. The Morgan fingerprint density at radius 2 is 1.39 bits per heavy atom. The van der Waals surface area contributed by atoms with E-state index in [-0.39, 0.29) is 36.0 Å². The highest BCUT2D eigenvalue weighted by Crippen LogP contribution is 2.38. The second-order valence-electron chi connectivity index (χ2n) is 16.6. The number of nitrogens with zero attached hydrogens (tertiary/aromatic N) is 6. The van der Waals surface area contributed by atoms with Gasteiger partial charge in [0.05, 0.1) is 43.3 Å². The number of methoxy groups -OCH3 is 1. The molecule has 7 heterocycles. The van der Waals surface area contributed by atoms with E-state index in [0.29, 0.717) is 90.9 Å². The summed E-state index contributed by atoms with van der Waals surface area (Å²) in [5.41, 5.74) is 2.27. The lowest BCUT2D eigenvalue weighted by atomic mass is 9.84. The van der Waals surface area contributed by atoms with E-state index in [1.165, 1.54) is 19.2 Å². The summed E-state index contributed by atoms with van der Waals surface area (Å²) in [6, 6.07) is 10.7. The summed E-state index contributed by atoms with van der Waals surface area (Å²) in [6.45, 7) is 7.45. The molecule has 0 spiro atoms. The van der Waals surface area contributed by atoms with Gasteiger partial charge >= 0.3 is 0 Å². The Hall–Kier alpha value is -5.22. The van der Waals surface area contributed by atoms with E-state index in [2.05, 4.69) is 35.3 Å². The zero-order valence-electron chi connectivity index (χ0n) is 33.7. The fourth-order valence-corrected chi connectivity index (χ4v) is 9.69. The van der Waals surface area contributed by atoms with Crippen LogP contribution in [0.3, 0.4) is 0 Å². The molecule has 2 amide bonds. The summed E-state index contributed by atoms with van der Waals surface area (Å²) in [7, 11) is 1.53. The van der Waals surface area contributed by atoms with E-state index < -0.39 is 17.6 Å². The third-order valence-corrected chi connectivity index (χ3v) is 12.7. The molecule has 5 aliphatic heterocycles. The third-order valence-electron chi connectivity index (χ3n) is 12.7. The molecule has 314 valence electrons. The van der Waals surface area contributed by atoms with Gasteiger partial charge in [-0.25, -0.2) is 8.78 Å². The van der Waals surface area contributed by atoms with E-state index in [4.69, 9.17) is 18.3 Å². The summed E-state index contributed by atoms with van der Waals surface area (Å²) < 4.78 is 54.0. The minimum absolute atomic E-state index is 0.0328. The number of carbonyl (C=O) groups is 2. The highest BCUT2D eigenvalue weighted by Gasteiger charge is 2.41. The van der Waals surface area contributed by atoms with Crippen LogP contribution in [-0.2, 0) is 16.1 Å². The largest absolute Gasteiger partial charge is 0.428 e. The van der Waals surface area contributed by atoms with Gasteiger partial charge in [0.2, 0.25) is 5.76 Å². The van der Waals surface area contributed by atoms with Crippen molar-refractivity contribution in [2.45, 2.75) is 77.0 Å². The Morgan fingerprint density at radius 3 is 2.08 bits per heavy atom. The lowest BCUT2D eigenvalue weighted by Gasteiger charge is -2.37. The summed E-state index contributed by atoms with van der Waals surface area (Å²) in [5, 5.41) is 5.60. The standard InChI is InChI=1S/C43H52F2N8O6/c1-26-38(49-43(58-26)53-31-10-11-32(53)24-57-23-31)40(54)46-29-9-13-37(34(45)19-29)51-17-6-7-27(21-51)28-14-18-52(22-28)42-48-35(25-56-2)39(59-42)41(55)47-30-8-12-36(33(44)20-30)50-15-4-3-5-16-50/h8-9,12-13,19-20,27-28,31-32H,3-7,10-11,14-18,21-25H2,1-2H3,(H,46,54)(H,47,55). The number of morpholine rings is 1. The molecular formula is C43H52F2N8O6. The maximum absolute atomic E-state index is 15.8. The van der Waals surface area contributed by atoms with Gasteiger partial charge in [-0.2, -0.15) is 9.97 Å². The van der Waals surface area contributed by atoms with Gasteiger partial charge in [-0.3, -0.25) is 9.59 Å². The topological polar surface area (TPSA) is 142 Å². The third kappa shape index (κ3) is 8.08. The van der Waals surface area contributed by atoms with Gasteiger partial charge in [0, 0.05) is 57.8 Å². The SMILES string of the molecule is COCc1nc(N2CCC(C3CCCN(c4ccc(NC(=O)c5nc(N6C7CCC6COC7)oc5C)cc4F)C3)C2)oc1C(=O)Nc1ccc(N2CCCCC2)c(F)c1. The van der Waals surface area contributed by atoms with Crippen molar-refractivity contribution < 1.29 is 36.7 Å². The first-order chi connectivity index (χ1) is 28.7. The monoisotopic (exact) mass is 814 g/mol. The van der Waals surface area contributed by atoms with Crippen LogP contribution in [0.1, 0.15) is 83.9 Å². The number of fused-ring (bicyclic) bond motifs is 2. The number of ether oxygens (including phenoxy) is 2. The van der Waals surface area contributed by atoms with Crippen molar-refractivity contribution in [3.63, 3.8) is 0 Å². The first-order valence-electron chi connectivity index (χ1n) is 21.0. The molecule has 5 saturated heterocycles. The van der Waals surface area contributed by atoms with Crippen LogP contribution < -0.4 is 30.2 Å². The first-order valence-corrected chi connectivity index (χ1v) is 21.0. The Balaban J connectivity index is 0.815. The van der Waals surface area contributed by atoms with Crippen LogP contribution in [0.15, 0.2) is 45.2 Å². The van der Waals surface area contributed by atoms with E-state index in [1.807, 2.05) is 4.90 Å². The summed E-state index contributed by atoms with van der Waals surface area (Å²) >= 11 is 0. The first kappa shape index (κ1) is 39.3. The molecule has 5 fully saturated rings. The quantitative estimate of drug-likeness (QED) is 0.161. The van der Waals surface area contributed by atoms with Gasteiger partial charge in [0.1, 0.15) is 23.1 Å². The molecule has 2 bridgehead atoms. The Kier molecular flexibility index (Phi) is 11.2. The molecule has 0 saturated carbocycles. The highest BCUT2D eigenvalue weighted by molar-refractivity contribution is 6.04. The van der Waals surface area contributed by atoms with Crippen molar-refractivity contribution in [1.29, 1.82) is 0 Å². The van der Waals surface area contributed by atoms with E-state index in [1.54, 1.807) is 31.2 Å². The fraction of sp³-hybridized carbons (Fsp3) is 0.535. The zero-order chi connectivity index (χ0) is 40.6. The smallest absolute Gasteiger partial charge is 0.298 e. The molecule has 16 heteroatoms. The number of benzene rings is 2. The van der Waals surface area contributed by atoms with E-state index in [9.17, 15) is 9.59 Å². The molecule has 59 heavy (non-hydrogen) atoms. The molecule has 2 aromatic carbocycles. The minimum Gasteiger partial charge on any atom is -0.428 e. The minimum atomic E-state index is -0.523. The second-order valence-corrected chi connectivity index (χ2v) is 16.6. The van der Waals surface area contributed by atoms with Gasteiger partial charge in [-0.1, -0.05) is 0 Å². The van der Waals surface area contributed by atoms with Crippen LogP contribution in [0, 0.1) is 30.4 Å². The number of aryl methyl sites for hydroxylation is 1. The van der Waals surface area contributed by atoms with Gasteiger partial charge in [0.15, 0.2) is 5.69 Å². The normalized spacial score (nSPS) is 23.3. The van der Waals surface area contributed by atoms with Crippen LogP contribution in [0.25, 0.3) is 0 Å². The highest BCUT2D eigenvalue weighted by atomic mass is 19.1. The van der Waals surface area contributed by atoms with Gasteiger partial charge in [0.25, 0.3) is 23.8 Å². The average Bonchev–Trinajstić information content (AvgIpc) is 4.03. The molecule has 9 rings (SSSR count). The molecular weight excluding hydrogens is 763 g/mol. The van der Waals surface area contributed by atoms with E-state index >= 15 is 8.78 Å². The number of hydrogen-bond donors (Lipinski definition) is 2. The van der Waals surface area contributed by atoms with Crippen molar-refractivity contribution in [3.8, 4) is 0 Å². The molecule has 14 nitrogen and oxygen atoms in total. The number of carbonyl (C=O) groups excluding carboxylic acids is 2. The van der Waals surface area contributed by atoms with Crippen molar-refractivity contribution in [1.82, 2.24) is 9.97 Å². The van der Waals surface area contributed by atoms with Gasteiger partial charge in [-0.05, 0) is 107 Å². The molecule has 0 aliphatic carbocycles. The number of hydrogen-bond acceptors (Lipinski definition) is 12. The maximum atomic E-state index is 15.8. The summed E-state index contributed by atoms with van der Waals surface area (Å²) in [4.78, 5) is 44.3. The number of anilines is 6. The molecule has 4 unspecified atom stereocenters. The van der Waals surface area contributed by atoms with Crippen LogP contribution in [0.2, 0.25) is 0 Å². The molecule has 5 aliphatic rings. The lowest BCUT2D eigenvalue weighted by Crippen LogP contribution is -2.46. The average molecular weight is 815 g/mol. The summed E-state index contributed by atoms with van der Waals surface area (Å²) in [5.74, 6) is -0.702. The Labute approximate surface area is 342 Å². The maximum Gasteiger partial charge on any atom is 0.298 e. The van der Waals surface area contributed by atoms with Crippen LogP contribution >= 0.6 is 0 Å².